The highest BCUT2D eigenvalue weighted by Crippen LogP contribution is 2.28. The second-order valence-corrected chi connectivity index (χ2v) is 8.55. The van der Waals surface area contributed by atoms with E-state index in [-0.39, 0.29) is 17.7 Å². The van der Waals surface area contributed by atoms with Crippen LogP contribution in [-0.2, 0) is 4.74 Å². The molecule has 0 bridgehead atoms. The summed E-state index contributed by atoms with van der Waals surface area (Å²) in [6.07, 6.45) is 5.10. The van der Waals surface area contributed by atoms with Crippen LogP contribution in [0, 0.1) is 12.7 Å². The van der Waals surface area contributed by atoms with Crippen molar-refractivity contribution in [2.24, 2.45) is 0 Å². The summed E-state index contributed by atoms with van der Waals surface area (Å²) in [4.78, 5) is 21.6. The Morgan fingerprint density at radius 3 is 2.92 bits per heavy atom. The lowest BCUT2D eigenvalue weighted by atomic mass is 10.1. The number of aromatic nitrogens is 3. The number of ether oxygens (including phenoxy) is 2. The minimum atomic E-state index is -0.444. The summed E-state index contributed by atoms with van der Waals surface area (Å²) >= 11 is 0. The zero-order valence-electron chi connectivity index (χ0n) is 20.0. The number of anilines is 2. The van der Waals surface area contributed by atoms with E-state index in [1.165, 1.54) is 13.2 Å². The SMILES string of the molecule is COc1ccc(-c2cnc3c(Nc4ccc(C(=O)NCC5COCCN5)c(C)c4)nccn23)cc1F. The smallest absolute Gasteiger partial charge is 0.251 e. The number of morpholine rings is 1. The van der Waals surface area contributed by atoms with E-state index in [2.05, 4.69) is 25.9 Å². The van der Waals surface area contributed by atoms with Gasteiger partial charge < -0.3 is 25.4 Å². The monoisotopic (exact) mass is 490 g/mol. The normalized spacial score (nSPS) is 15.6. The minimum Gasteiger partial charge on any atom is -0.494 e. The first-order valence-electron chi connectivity index (χ1n) is 11.7. The summed E-state index contributed by atoms with van der Waals surface area (Å²) in [6, 6.07) is 10.4. The second-order valence-electron chi connectivity index (χ2n) is 8.55. The van der Waals surface area contributed by atoms with Gasteiger partial charge in [0.15, 0.2) is 23.0 Å². The summed E-state index contributed by atoms with van der Waals surface area (Å²) in [6.45, 7) is 4.46. The summed E-state index contributed by atoms with van der Waals surface area (Å²) in [5, 5.41) is 9.58. The van der Waals surface area contributed by atoms with Gasteiger partial charge in [-0.25, -0.2) is 14.4 Å². The number of methoxy groups -OCH3 is 1. The first-order chi connectivity index (χ1) is 17.5. The predicted molar refractivity (Wildman–Crippen MR) is 134 cm³/mol. The Morgan fingerprint density at radius 1 is 1.28 bits per heavy atom. The summed E-state index contributed by atoms with van der Waals surface area (Å²) in [5.41, 5.74) is 4.18. The molecule has 1 unspecified atom stereocenters. The molecule has 4 aromatic rings. The molecular formula is C26H27FN6O3. The number of hydrogen-bond donors (Lipinski definition) is 3. The van der Waals surface area contributed by atoms with E-state index in [0.717, 1.165) is 23.5 Å². The van der Waals surface area contributed by atoms with Crippen LogP contribution in [0.4, 0.5) is 15.9 Å². The molecular weight excluding hydrogens is 463 g/mol. The number of benzene rings is 2. The summed E-state index contributed by atoms with van der Waals surface area (Å²) in [7, 11) is 1.43. The van der Waals surface area contributed by atoms with Crippen LogP contribution in [0.25, 0.3) is 16.9 Å². The number of fused-ring (bicyclic) bond motifs is 1. The fourth-order valence-electron chi connectivity index (χ4n) is 4.24. The number of nitrogens with zero attached hydrogens (tertiary/aromatic N) is 3. The molecule has 3 N–H and O–H groups in total. The van der Waals surface area contributed by atoms with Crippen molar-refractivity contribution in [3.63, 3.8) is 0 Å². The lowest BCUT2D eigenvalue weighted by Gasteiger charge is -2.24. The van der Waals surface area contributed by atoms with Gasteiger partial charge >= 0.3 is 0 Å². The van der Waals surface area contributed by atoms with Gasteiger partial charge in [0.25, 0.3) is 5.91 Å². The molecule has 2 aromatic heterocycles. The second kappa shape index (κ2) is 10.3. The molecule has 1 saturated heterocycles. The molecule has 10 heteroatoms. The van der Waals surface area contributed by atoms with Gasteiger partial charge in [-0.2, -0.15) is 0 Å². The number of aryl methyl sites for hydroxylation is 1. The number of rotatable bonds is 7. The van der Waals surface area contributed by atoms with Crippen LogP contribution in [0.15, 0.2) is 55.0 Å². The van der Waals surface area contributed by atoms with Gasteiger partial charge in [0.1, 0.15) is 0 Å². The Kier molecular flexibility index (Phi) is 6.79. The van der Waals surface area contributed by atoms with Crippen molar-refractivity contribution in [1.29, 1.82) is 0 Å². The fourth-order valence-corrected chi connectivity index (χ4v) is 4.24. The van der Waals surface area contributed by atoms with Gasteiger partial charge in [0.2, 0.25) is 0 Å². The number of nitrogens with one attached hydrogen (secondary N) is 3. The van der Waals surface area contributed by atoms with Crippen molar-refractivity contribution in [3.8, 4) is 17.0 Å². The standard InChI is InChI=1S/C26H27FN6O3/c1-16-11-18(4-5-20(16)26(34)31-13-19-15-36-10-8-28-19)32-24-25-30-14-22(33(25)9-7-29-24)17-3-6-23(35-2)21(27)12-17/h3-7,9,11-12,14,19,28H,8,10,13,15H2,1-2H3,(H,29,32)(H,31,34). The molecule has 0 radical (unpaired) electrons. The molecule has 1 aliphatic rings. The quantitative estimate of drug-likeness (QED) is 0.365. The van der Waals surface area contributed by atoms with E-state index in [4.69, 9.17) is 9.47 Å². The maximum atomic E-state index is 14.3. The molecule has 1 amide bonds. The van der Waals surface area contributed by atoms with E-state index in [9.17, 15) is 9.18 Å². The molecule has 1 atom stereocenters. The van der Waals surface area contributed by atoms with Gasteiger partial charge in [-0.05, 0) is 48.9 Å². The first kappa shape index (κ1) is 23.7. The average Bonchev–Trinajstić information content (AvgIpc) is 3.33. The highest BCUT2D eigenvalue weighted by Gasteiger charge is 2.17. The number of imidazole rings is 1. The first-order valence-corrected chi connectivity index (χ1v) is 11.7. The Hall–Kier alpha value is -4.02. The highest BCUT2D eigenvalue weighted by atomic mass is 19.1. The Bertz CT molecular complexity index is 1400. The van der Waals surface area contributed by atoms with E-state index < -0.39 is 5.82 Å². The summed E-state index contributed by atoms with van der Waals surface area (Å²) < 4.78 is 26.5. The van der Waals surface area contributed by atoms with E-state index in [0.29, 0.717) is 42.4 Å². The van der Waals surface area contributed by atoms with Crippen LogP contribution in [0.2, 0.25) is 0 Å². The molecule has 3 heterocycles. The molecule has 5 rings (SSSR count). The van der Waals surface area contributed by atoms with Crippen LogP contribution in [-0.4, -0.2) is 59.7 Å². The van der Waals surface area contributed by atoms with Gasteiger partial charge in [-0.15, -0.1) is 0 Å². The molecule has 0 saturated carbocycles. The molecule has 0 spiro atoms. The van der Waals surface area contributed by atoms with E-state index in [1.54, 1.807) is 36.8 Å². The number of amides is 1. The molecule has 36 heavy (non-hydrogen) atoms. The van der Waals surface area contributed by atoms with Crippen molar-refractivity contribution in [1.82, 2.24) is 25.0 Å². The lowest BCUT2D eigenvalue weighted by molar-refractivity contribution is 0.0734. The van der Waals surface area contributed by atoms with Crippen molar-refractivity contribution in [2.75, 3.05) is 38.7 Å². The number of hydrogen-bond acceptors (Lipinski definition) is 7. The number of carbonyl (C=O) groups is 1. The van der Waals surface area contributed by atoms with Crippen molar-refractivity contribution < 1.29 is 18.7 Å². The van der Waals surface area contributed by atoms with Crippen LogP contribution >= 0.6 is 0 Å². The van der Waals surface area contributed by atoms with Crippen molar-refractivity contribution in [3.05, 3.63) is 71.9 Å². The third kappa shape index (κ3) is 4.86. The largest absolute Gasteiger partial charge is 0.494 e. The Balaban J connectivity index is 1.33. The molecule has 2 aromatic carbocycles. The van der Waals surface area contributed by atoms with Gasteiger partial charge in [0, 0.05) is 48.3 Å². The van der Waals surface area contributed by atoms with Gasteiger partial charge in [-0.3, -0.25) is 9.20 Å². The third-order valence-electron chi connectivity index (χ3n) is 6.12. The number of halogens is 1. The van der Waals surface area contributed by atoms with E-state index >= 15 is 0 Å². The topological polar surface area (TPSA) is 102 Å². The molecule has 0 aliphatic carbocycles. The predicted octanol–water partition coefficient (Wildman–Crippen LogP) is 3.31. The Labute approximate surface area is 207 Å². The Morgan fingerprint density at radius 2 is 2.17 bits per heavy atom. The maximum absolute atomic E-state index is 14.3. The van der Waals surface area contributed by atoms with E-state index in [1.807, 2.05) is 23.5 Å². The molecule has 1 aliphatic heterocycles. The fraction of sp³-hybridized carbons (Fsp3) is 0.269. The summed E-state index contributed by atoms with van der Waals surface area (Å²) in [5.74, 6) is 0.151. The van der Waals surface area contributed by atoms with Crippen LogP contribution < -0.4 is 20.7 Å². The zero-order chi connectivity index (χ0) is 25.1. The molecule has 1 fully saturated rings. The molecule has 9 nitrogen and oxygen atoms in total. The maximum Gasteiger partial charge on any atom is 0.251 e. The third-order valence-corrected chi connectivity index (χ3v) is 6.12. The van der Waals surface area contributed by atoms with Crippen molar-refractivity contribution >= 4 is 23.1 Å². The van der Waals surface area contributed by atoms with Gasteiger partial charge in [-0.1, -0.05) is 0 Å². The zero-order valence-corrected chi connectivity index (χ0v) is 20.0. The lowest BCUT2D eigenvalue weighted by Crippen LogP contribution is -2.48. The minimum absolute atomic E-state index is 0.115. The average molecular weight is 491 g/mol. The van der Waals surface area contributed by atoms with Crippen LogP contribution in [0.1, 0.15) is 15.9 Å². The van der Waals surface area contributed by atoms with Crippen LogP contribution in [0.5, 0.6) is 5.75 Å². The number of carbonyl (C=O) groups excluding carboxylic acids is 1. The van der Waals surface area contributed by atoms with Crippen molar-refractivity contribution in [2.45, 2.75) is 13.0 Å². The van der Waals surface area contributed by atoms with Crippen LogP contribution in [0.3, 0.4) is 0 Å². The molecule has 186 valence electrons. The highest BCUT2D eigenvalue weighted by molar-refractivity contribution is 5.96. The van der Waals surface area contributed by atoms with Gasteiger partial charge in [0.05, 0.1) is 32.2 Å².